The van der Waals surface area contributed by atoms with E-state index in [9.17, 15) is 0 Å². The summed E-state index contributed by atoms with van der Waals surface area (Å²) in [5.41, 5.74) is 15.5. The number of furan rings is 1. The van der Waals surface area contributed by atoms with E-state index in [1.54, 1.807) is 0 Å². The lowest BCUT2D eigenvalue weighted by Gasteiger charge is -2.32. The molecule has 8 aromatic rings. The van der Waals surface area contributed by atoms with Crippen LogP contribution < -0.4 is 4.90 Å². The fraction of sp³-hybridized carbons (Fsp3) is 0.130. The van der Waals surface area contributed by atoms with Crippen LogP contribution in [-0.2, 0) is 10.8 Å². The molecule has 2 aliphatic carbocycles. The largest absolute Gasteiger partial charge is 0.454 e. The Labute approximate surface area is 280 Å². The number of fused-ring (bicyclic) bond motifs is 11. The molecule has 7 aromatic carbocycles. The minimum Gasteiger partial charge on any atom is -0.454 e. The Morgan fingerprint density at radius 2 is 1.04 bits per heavy atom. The minimum atomic E-state index is -0.175. The number of anilines is 3. The second-order valence-corrected chi connectivity index (χ2v) is 14.5. The number of hydrogen-bond acceptors (Lipinski definition) is 2. The maximum atomic E-state index is 6.81. The SMILES string of the molecule is CC1(C)c2ccccc2-c2c(N(c3cc4ccccc4c4c3-c3ccccc3C4(C)C)c3cccc4c3oc3ccccc34)cccc21. The molecule has 0 atom stereocenters. The van der Waals surface area contributed by atoms with Crippen molar-refractivity contribution in [2.45, 2.75) is 38.5 Å². The highest BCUT2D eigenvalue weighted by Crippen LogP contribution is 2.60. The standard InChI is InChI=1S/C46H35NO/c1-45(2)34-21-10-7-18-32(34)41-36(45)23-14-24-37(41)47(38-25-13-20-31-30-17-9-12-26-40(30)48-44(31)38)39-27-28-15-5-6-16-29(28)43-42(39)33-19-8-11-22-35(33)46(43,3)4/h5-27H,1-4H3. The van der Waals surface area contributed by atoms with Gasteiger partial charge in [0.2, 0.25) is 0 Å². The monoisotopic (exact) mass is 617 g/mol. The molecule has 2 heteroatoms. The molecule has 1 aromatic heterocycles. The van der Waals surface area contributed by atoms with Gasteiger partial charge in [-0.15, -0.1) is 0 Å². The average molecular weight is 618 g/mol. The van der Waals surface area contributed by atoms with Gasteiger partial charge in [-0.25, -0.2) is 0 Å². The van der Waals surface area contributed by atoms with Gasteiger partial charge in [0.05, 0.1) is 17.1 Å². The fourth-order valence-electron chi connectivity index (χ4n) is 9.03. The van der Waals surface area contributed by atoms with Crippen LogP contribution >= 0.6 is 0 Å². The van der Waals surface area contributed by atoms with Crippen molar-refractivity contribution < 1.29 is 4.42 Å². The molecule has 48 heavy (non-hydrogen) atoms. The predicted molar refractivity (Wildman–Crippen MR) is 201 cm³/mol. The van der Waals surface area contributed by atoms with Gasteiger partial charge < -0.3 is 9.32 Å². The molecule has 10 rings (SSSR count). The molecule has 0 saturated carbocycles. The van der Waals surface area contributed by atoms with Gasteiger partial charge in [0.1, 0.15) is 5.58 Å². The van der Waals surface area contributed by atoms with E-state index in [2.05, 4.69) is 172 Å². The zero-order valence-electron chi connectivity index (χ0n) is 27.6. The van der Waals surface area contributed by atoms with Gasteiger partial charge in [-0.1, -0.05) is 143 Å². The molecule has 0 N–H and O–H groups in total. The van der Waals surface area contributed by atoms with Crippen molar-refractivity contribution in [2.24, 2.45) is 0 Å². The third-order valence-corrected chi connectivity index (χ3v) is 11.2. The van der Waals surface area contributed by atoms with Crippen molar-refractivity contribution in [1.29, 1.82) is 0 Å². The van der Waals surface area contributed by atoms with Crippen LogP contribution in [0.25, 0.3) is 55.0 Å². The molecule has 2 aliphatic rings. The van der Waals surface area contributed by atoms with E-state index < -0.39 is 0 Å². The van der Waals surface area contributed by atoms with Crippen LogP contribution in [-0.4, -0.2) is 0 Å². The maximum Gasteiger partial charge on any atom is 0.159 e. The Bertz CT molecular complexity index is 2630. The van der Waals surface area contributed by atoms with E-state index in [4.69, 9.17) is 4.42 Å². The van der Waals surface area contributed by atoms with Crippen LogP contribution in [0.2, 0.25) is 0 Å². The van der Waals surface area contributed by atoms with Crippen molar-refractivity contribution in [3.8, 4) is 22.3 Å². The topological polar surface area (TPSA) is 16.4 Å². The molecule has 0 radical (unpaired) electrons. The first-order chi connectivity index (χ1) is 23.4. The van der Waals surface area contributed by atoms with Gasteiger partial charge in [0, 0.05) is 32.7 Å². The minimum absolute atomic E-state index is 0.126. The van der Waals surface area contributed by atoms with Gasteiger partial charge in [0.25, 0.3) is 0 Å². The summed E-state index contributed by atoms with van der Waals surface area (Å²) in [6, 6.07) is 51.2. The molecular formula is C46H35NO. The zero-order chi connectivity index (χ0) is 32.4. The molecule has 1 heterocycles. The summed E-state index contributed by atoms with van der Waals surface area (Å²) in [4.78, 5) is 2.52. The van der Waals surface area contributed by atoms with Crippen LogP contribution in [0.5, 0.6) is 0 Å². The van der Waals surface area contributed by atoms with Crippen LogP contribution in [0.3, 0.4) is 0 Å². The molecular weight excluding hydrogens is 583 g/mol. The first-order valence-electron chi connectivity index (χ1n) is 17.0. The van der Waals surface area contributed by atoms with E-state index >= 15 is 0 Å². The van der Waals surface area contributed by atoms with Crippen molar-refractivity contribution in [3.63, 3.8) is 0 Å². The lowest BCUT2D eigenvalue weighted by atomic mass is 9.80. The molecule has 0 aliphatic heterocycles. The number of benzene rings is 7. The molecule has 0 spiro atoms. The van der Waals surface area contributed by atoms with Gasteiger partial charge in [0.15, 0.2) is 5.58 Å². The Balaban J connectivity index is 1.40. The summed E-state index contributed by atoms with van der Waals surface area (Å²) in [6.07, 6.45) is 0. The highest BCUT2D eigenvalue weighted by atomic mass is 16.3. The molecule has 230 valence electrons. The molecule has 0 amide bonds. The van der Waals surface area contributed by atoms with Crippen LogP contribution in [0.15, 0.2) is 144 Å². The quantitative estimate of drug-likeness (QED) is 0.196. The van der Waals surface area contributed by atoms with Gasteiger partial charge in [-0.2, -0.15) is 0 Å². The average Bonchev–Trinajstić information content (AvgIpc) is 3.69. The highest BCUT2D eigenvalue weighted by Gasteiger charge is 2.42. The summed E-state index contributed by atoms with van der Waals surface area (Å²) in [5.74, 6) is 0. The van der Waals surface area contributed by atoms with E-state index in [0.29, 0.717) is 0 Å². The van der Waals surface area contributed by atoms with E-state index in [1.165, 1.54) is 61.0 Å². The summed E-state index contributed by atoms with van der Waals surface area (Å²) < 4.78 is 6.81. The third-order valence-electron chi connectivity index (χ3n) is 11.2. The zero-order valence-corrected chi connectivity index (χ0v) is 27.6. The number of rotatable bonds is 3. The highest BCUT2D eigenvalue weighted by molar-refractivity contribution is 6.13. The second kappa shape index (κ2) is 9.49. The summed E-state index contributed by atoms with van der Waals surface area (Å²) in [6.45, 7) is 9.49. The fourth-order valence-corrected chi connectivity index (χ4v) is 9.03. The Hall–Kier alpha value is -5.60. The van der Waals surface area contributed by atoms with Crippen LogP contribution in [0.4, 0.5) is 17.1 Å². The molecule has 0 saturated heterocycles. The molecule has 0 bridgehead atoms. The normalized spacial score (nSPS) is 15.0. The molecule has 0 unspecified atom stereocenters. The van der Waals surface area contributed by atoms with Crippen molar-refractivity contribution in [3.05, 3.63) is 162 Å². The Morgan fingerprint density at radius 1 is 0.458 bits per heavy atom. The van der Waals surface area contributed by atoms with E-state index in [1.807, 2.05) is 0 Å². The smallest absolute Gasteiger partial charge is 0.159 e. The van der Waals surface area contributed by atoms with Gasteiger partial charge >= 0.3 is 0 Å². The third kappa shape index (κ3) is 3.47. The summed E-state index contributed by atoms with van der Waals surface area (Å²) in [7, 11) is 0. The predicted octanol–water partition coefficient (Wildman–Crippen LogP) is 12.8. The van der Waals surface area contributed by atoms with Crippen LogP contribution in [0.1, 0.15) is 49.9 Å². The van der Waals surface area contributed by atoms with Crippen molar-refractivity contribution in [2.75, 3.05) is 4.90 Å². The maximum absolute atomic E-state index is 6.81. The first-order valence-corrected chi connectivity index (χ1v) is 17.0. The summed E-state index contributed by atoms with van der Waals surface area (Å²) >= 11 is 0. The first kappa shape index (κ1) is 27.5. The molecule has 0 fully saturated rings. The Kier molecular flexibility index (Phi) is 5.44. The van der Waals surface area contributed by atoms with Gasteiger partial charge in [-0.3, -0.25) is 0 Å². The van der Waals surface area contributed by atoms with Gasteiger partial charge in [-0.05, 0) is 68.4 Å². The number of para-hydroxylation sites is 2. The summed E-state index contributed by atoms with van der Waals surface area (Å²) in [5, 5.41) is 4.81. The van der Waals surface area contributed by atoms with Crippen LogP contribution in [0, 0.1) is 0 Å². The number of hydrogen-bond donors (Lipinski definition) is 0. The molecule has 2 nitrogen and oxygen atoms in total. The van der Waals surface area contributed by atoms with E-state index in [-0.39, 0.29) is 10.8 Å². The van der Waals surface area contributed by atoms with Crippen molar-refractivity contribution in [1.82, 2.24) is 0 Å². The lowest BCUT2D eigenvalue weighted by Crippen LogP contribution is -2.18. The van der Waals surface area contributed by atoms with Crippen molar-refractivity contribution >= 4 is 49.8 Å². The second-order valence-electron chi connectivity index (χ2n) is 14.5. The lowest BCUT2D eigenvalue weighted by molar-refractivity contribution is 0.660. The Morgan fingerprint density at radius 3 is 1.85 bits per heavy atom. The number of nitrogens with zero attached hydrogens (tertiary/aromatic N) is 1. The van der Waals surface area contributed by atoms with E-state index in [0.717, 1.165) is 33.3 Å².